The molecule has 1 unspecified atom stereocenters. The van der Waals surface area contributed by atoms with Crippen LogP contribution in [0.1, 0.15) is 24.2 Å². The van der Waals surface area contributed by atoms with E-state index in [2.05, 4.69) is 5.32 Å². The van der Waals surface area contributed by atoms with E-state index in [1.807, 2.05) is 0 Å². The van der Waals surface area contributed by atoms with Crippen LogP contribution in [-0.4, -0.2) is 25.0 Å². The molecule has 0 saturated heterocycles. The van der Waals surface area contributed by atoms with E-state index in [9.17, 15) is 9.59 Å². The number of primary amides is 1. The fraction of sp³-hybridized carbons (Fsp3) is 0.385. The predicted octanol–water partition coefficient (Wildman–Crippen LogP) is 0.517. The van der Waals surface area contributed by atoms with Gasteiger partial charge in [-0.05, 0) is 18.1 Å². The van der Waals surface area contributed by atoms with E-state index < -0.39 is 17.9 Å². The first kappa shape index (κ1) is 14.8. The summed E-state index contributed by atoms with van der Waals surface area (Å²) in [4.78, 5) is 23.3. The molecule has 19 heavy (non-hydrogen) atoms. The Labute approximate surface area is 112 Å². The number of hydrogen-bond acceptors (Lipinski definition) is 4. The molecule has 6 nitrogen and oxygen atoms in total. The average molecular weight is 265 g/mol. The summed E-state index contributed by atoms with van der Waals surface area (Å²) >= 11 is 0. The lowest BCUT2D eigenvalue weighted by Crippen LogP contribution is -2.47. The maximum Gasteiger partial charge on any atom is 0.252 e. The lowest BCUT2D eigenvalue weighted by Gasteiger charge is -2.19. The van der Waals surface area contributed by atoms with Gasteiger partial charge in [0.1, 0.15) is 11.8 Å². The number of rotatable bonds is 5. The molecule has 6 heteroatoms. The second-order valence-corrected chi connectivity index (χ2v) is 4.59. The molecule has 0 aliphatic carbocycles. The monoisotopic (exact) mass is 265 g/mol. The number of hydrogen-bond donors (Lipinski definition) is 3. The highest BCUT2D eigenvalue weighted by molar-refractivity contribution is 5.98. The van der Waals surface area contributed by atoms with Gasteiger partial charge in [-0.2, -0.15) is 0 Å². The molecule has 2 amide bonds. The second-order valence-electron chi connectivity index (χ2n) is 4.59. The summed E-state index contributed by atoms with van der Waals surface area (Å²) in [5, 5.41) is 2.59. The number of ether oxygens (including phenoxy) is 1. The minimum absolute atomic E-state index is 0.0931. The van der Waals surface area contributed by atoms with Gasteiger partial charge >= 0.3 is 0 Å². The van der Waals surface area contributed by atoms with Crippen molar-refractivity contribution in [1.29, 1.82) is 0 Å². The van der Waals surface area contributed by atoms with Gasteiger partial charge in [-0.1, -0.05) is 13.8 Å². The van der Waals surface area contributed by atoms with Gasteiger partial charge < -0.3 is 21.5 Å². The number of carbonyl (C=O) groups excluding carboxylic acids is 2. The van der Waals surface area contributed by atoms with E-state index in [0.29, 0.717) is 17.0 Å². The van der Waals surface area contributed by atoms with Crippen LogP contribution in [0.2, 0.25) is 0 Å². The fourth-order valence-electron chi connectivity index (χ4n) is 1.66. The Morgan fingerprint density at radius 1 is 1.26 bits per heavy atom. The first-order valence-electron chi connectivity index (χ1n) is 5.90. The topological polar surface area (TPSA) is 107 Å². The number of nitrogens with one attached hydrogen (secondary N) is 1. The standard InChI is InChI=1S/C13H19N3O3/c1-7(2)11(12(15)17)16-13(18)8-4-9(14)6-10(5-8)19-3/h4-7,11H,14H2,1-3H3,(H2,15,17)(H,16,18). The molecule has 0 aliphatic rings. The highest BCUT2D eigenvalue weighted by Crippen LogP contribution is 2.18. The van der Waals surface area contributed by atoms with Gasteiger partial charge in [0.2, 0.25) is 5.91 Å². The van der Waals surface area contributed by atoms with Gasteiger partial charge in [-0.15, -0.1) is 0 Å². The molecule has 0 aromatic heterocycles. The van der Waals surface area contributed by atoms with Crippen LogP contribution in [0, 0.1) is 5.92 Å². The van der Waals surface area contributed by atoms with Gasteiger partial charge in [0.25, 0.3) is 5.91 Å². The lowest BCUT2D eigenvalue weighted by molar-refractivity contribution is -0.120. The van der Waals surface area contributed by atoms with Gasteiger partial charge in [0, 0.05) is 17.3 Å². The van der Waals surface area contributed by atoms with Crippen molar-refractivity contribution in [3.8, 4) is 5.75 Å². The van der Waals surface area contributed by atoms with Crippen molar-refractivity contribution in [2.24, 2.45) is 11.7 Å². The molecule has 1 aromatic carbocycles. The third-order valence-electron chi connectivity index (χ3n) is 2.69. The van der Waals surface area contributed by atoms with Crippen LogP contribution in [0.4, 0.5) is 5.69 Å². The van der Waals surface area contributed by atoms with Crippen LogP contribution in [0.3, 0.4) is 0 Å². The number of amides is 2. The zero-order chi connectivity index (χ0) is 14.6. The van der Waals surface area contributed by atoms with E-state index in [0.717, 1.165) is 0 Å². The molecule has 5 N–H and O–H groups in total. The molecular weight excluding hydrogens is 246 g/mol. The molecule has 0 aliphatic heterocycles. The molecule has 0 heterocycles. The summed E-state index contributed by atoms with van der Waals surface area (Å²) in [6, 6.07) is 3.94. The third-order valence-corrected chi connectivity index (χ3v) is 2.69. The van der Waals surface area contributed by atoms with E-state index >= 15 is 0 Å². The Bertz CT molecular complexity index is 486. The SMILES string of the molecule is COc1cc(N)cc(C(=O)NC(C(N)=O)C(C)C)c1. The summed E-state index contributed by atoms with van der Waals surface area (Å²) in [6.45, 7) is 3.60. The zero-order valence-electron chi connectivity index (χ0n) is 11.3. The number of nitrogen functional groups attached to an aromatic ring is 1. The average Bonchev–Trinajstić information content (AvgIpc) is 2.33. The zero-order valence-corrected chi connectivity index (χ0v) is 11.3. The van der Waals surface area contributed by atoms with Crippen LogP contribution in [0.15, 0.2) is 18.2 Å². The van der Waals surface area contributed by atoms with Crippen molar-refractivity contribution in [1.82, 2.24) is 5.32 Å². The Morgan fingerprint density at radius 2 is 1.89 bits per heavy atom. The molecule has 1 rings (SSSR count). The van der Waals surface area contributed by atoms with Crippen molar-refractivity contribution < 1.29 is 14.3 Å². The summed E-state index contributed by atoms with van der Waals surface area (Å²) in [6.07, 6.45) is 0. The first-order chi connectivity index (χ1) is 8.85. The molecule has 0 fully saturated rings. The minimum Gasteiger partial charge on any atom is -0.497 e. The summed E-state index contributed by atoms with van der Waals surface area (Å²) in [7, 11) is 1.48. The molecule has 0 spiro atoms. The van der Waals surface area contributed by atoms with Crippen LogP contribution in [-0.2, 0) is 4.79 Å². The Kier molecular flexibility index (Phi) is 4.74. The van der Waals surface area contributed by atoms with Crippen LogP contribution >= 0.6 is 0 Å². The van der Waals surface area contributed by atoms with E-state index in [4.69, 9.17) is 16.2 Å². The van der Waals surface area contributed by atoms with Crippen molar-refractivity contribution in [3.63, 3.8) is 0 Å². The normalized spacial score (nSPS) is 12.0. The molecule has 1 aromatic rings. The van der Waals surface area contributed by atoms with Crippen molar-refractivity contribution in [2.75, 3.05) is 12.8 Å². The van der Waals surface area contributed by atoms with Crippen LogP contribution in [0.25, 0.3) is 0 Å². The Morgan fingerprint density at radius 3 is 2.37 bits per heavy atom. The van der Waals surface area contributed by atoms with E-state index in [1.165, 1.54) is 13.2 Å². The van der Waals surface area contributed by atoms with Gasteiger partial charge in [0.05, 0.1) is 7.11 Å². The molecule has 104 valence electrons. The van der Waals surface area contributed by atoms with Gasteiger partial charge in [0.15, 0.2) is 0 Å². The number of carbonyl (C=O) groups is 2. The first-order valence-corrected chi connectivity index (χ1v) is 5.90. The van der Waals surface area contributed by atoms with Gasteiger partial charge in [-0.25, -0.2) is 0 Å². The highest BCUT2D eigenvalue weighted by atomic mass is 16.5. The number of nitrogens with two attached hydrogens (primary N) is 2. The summed E-state index contributed by atoms with van der Waals surface area (Å²) in [5.41, 5.74) is 11.6. The van der Waals surface area contributed by atoms with Crippen molar-refractivity contribution >= 4 is 17.5 Å². The second kappa shape index (κ2) is 6.08. The summed E-state index contributed by atoms with van der Waals surface area (Å²) < 4.78 is 5.03. The smallest absolute Gasteiger partial charge is 0.252 e. The van der Waals surface area contributed by atoms with Crippen LogP contribution < -0.4 is 21.5 Å². The third kappa shape index (κ3) is 3.87. The molecule has 0 bridgehead atoms. The summed E-state index contributed by atoms with van der Waals surface area (Å²) in [5.74, 6) is -0.600. The molecule has 0 radical (unpaired) electrons. The lowest BCUT2D eigenvalue weighted by atomic mass is 10.0. The van der Waals surface area contributed by atoms with Crippen LogP contribution in [0.5, 0.6) is 5.75 Å². The Hall–Kier alpha value is -2.24. The molecule has 0 saturated carbocycles. The molecular formula is C13H19N3O3. The number of benzene rings is 1. The van der Waals surface area contributed by atoms with E-state index in [1.54, 1.807) is 26.0 Å². The minimum atomic E-state index is -0.722. The number of anilines is 1. The van der Waals surface area contributed by atoms with Gasteiger partial charge in [-0.3, -0.25) is 9.59 Å². The maximum atomic E-state index is 12.1. The van der Waals surface area contributed by atoms with E-state index in [-0.39, 0.29) is 5.92 Å². The quantitative estimate of drug-likeness (QED) is 0.674. The maximum absolute atomic E-state index is 12.1. The van der Waals surface area contributed by atoms with Crippen molar-refractivity contribution in [2.45, 2.75) is 19.9 Å². The predicted molar refractivity (Wildman–Crippen MR) is 72.7 cm³/mol. The highest BCUT2D eigenvalue weighted by Gasteiger charge is 2.22. The molecule has 1 atom stereocenters. The Balaban J connectivity index is 2.94. The number of methoxy groups -OCH3 is 1. The fourth-order valence-corrected chi connectivity index (χ4v) is 1.66. The van der Waals surface area contributed by atoms with Crippen molar-refractivity contribution in [3.05, 3.63) is 23.8 Å². The largest absolute Gasteiger partial charge is 0.497 e.